The molecule has 5 rings (SSSR count). The van der Waals surface area contributed by atoms with E-state index >= 15 is 0 Å². The molecule has 0 amide bonds. The maximum Gasteiger partial charge on any atom is 0.209 e. The van der Waals surface area contributed by atoms with E-state index in [-0.39, 0.29) is 17.4 Å². The summed E-state index contributed by atoms with van der Waals surface area (Å²) in [6.45, 7) is 14.1. The van der Waals surface area contributed by atoms with Crippen LogP contribution in [-0.4, -0.2) is 35.1 Å². The summed E-state index contributed by atoms with van der Waals surface area (Å²) in [5.74, 6) is 0. The van der Waals surface area contributed by atoms with Crippen molar-refractivity contribution >= 4 is 28.7 Å². The molecule has 2 aromatic carbocycles. The monoisotopic (exact) mass is 653 g/mol. The van der Waals surface area contributed by atoms with Gasteiger partial charge in [-0.05, 0) is 81.2 Å². The van der Waals surface area contributed by atoms with E-state index in [1.165, 1.54) is 77.2 Å². The maximum atomic E-state index is 9.22. The largest absolute Gasteiger partial charge is 0.396 e. The van der Waals surface area contributed by atoms with Crippen LogP contribution in [0.5, 0.6) is 0 Å². The highest BCUT2D eigenvalue weighted by atomic mass is 35.5. The Kier molecular flexibility index (Phi) is 12.1. The second-order valence-electron chi connectivity index (χ2n) is 14.8. The van der Waals surface area contributed by atoms with Gasteiger partial charge in [-0.25, -0.2) is 0 Å². The lowest BCUT2D eigenvalue weighted by atomic mass is 9.81. The van der Waals surface area contributed by atoms with Crippen molar-refractivity contribution in [1.82, 2.24) is 0 Å². The van der Waals surface area contributed by atoms with Gasteiger partial charge in [-0.15, -0.1) is 0 Å². The summed E-state index contributed by atoms with van der Waals surface area (Å²) >= 11 is 7.25. The Balaban J connectivity index is 1.42. The molecule has 0 saturated carbocycles. The molecule has 2 heterocycles. The molecule has 4 heteroatoms. The summed E-state index contributed by atoms with van der Waals surface area (Å²) in [5, 5.41) is 10.1. The first-order valence-corrected chi connectivity index (χ1v) is 18.8. The lowest BCUT2D eigenvalue weighted by molar-refractivity contribution is -0.438. The lowest BCUT2D eigenvalue weighted by Gasteiger charge is -2.27. The number of hydrogen-bond acceptors (Lipinski definition) is 2. The Morgan fingerprint density at radius 1 is 0.787 bits per heavy atom. The molecule has 0 atom stereocenters. The quantitative estimate of drug-likeness (QED) is 0.153. The molecule has 0 saturated heterocycles. The fourth-order valence-corrected chi connectivity index (χ4v) is 8.25. The second kappa shape index (κ2) is 16.0. The number of rotatable bonds is 15. The summed E-state index contributed by atoms with van der Waals surface area (Å²) in [5.41, 5.74) is 10.6. The first kappa shape index (κ1) is 35.4. The molecular weight excluding hydrogens is 596 g/mol. The molecule has 2 aliphatic heterocycles. The summed E-state index contributed by atoms with van der Waals surface area (Å²) < 4.78 is 2.58. The van der Waals surface area contributed by atoms with Crippen LogP contribution in [0.2, 0.25) is 0 Å². The van der Waals surface area contributed by atoms with E-state index in [1.54, 1.807) is 0 Å². The third kappa shape index (κ3) is 7.73. The molecule has 1 aliphatic carbocycles. The number of fused-ring (bicyclic) bond motifs is 2. The summed E-state index contributed by atoms with van der Waals surface area (Å²) in [7, 11) is 0. The van der Waals surface area contributed by atoms with Crippen molar-refractivity contribution in [2.24, 2.45) is 0 Å². The van der Waals surface area contributed by atoms with Crippen LogP contribution in [0.1, 0.15) is 123 Å². The molecule has 0 aromatic heterocycles. The molecule has 0 bridgehead atoms. The van der Waals surface area contributed by atoms with Crippen molar-refractivity contribution in [1.29, 1.82) is 0 Å². The van der Waals surface area contributed by atoms with Crippen LogP contribution in [0.4, 0.5) is 11.4 Å². The Morgan fingerprint density at radius 2 is 1.49 bits per heavy atom. The van der Waals surface area contributed by atoms with E-state index in [0.29, 0.717) is 0 Å². The number of aliphatic hydroxyl groups is 1. The van der Waals surface area contributed by atoms with E-state index in [0.717, 1.165) is 63.1 Å². The molecule has 252 valence electrons. The van der Waals surface area contributed by atoms with Gasteiger partial charge in [-0.3, -0.25) is 0 Å². The zero-order chi connectivity index (χ0) is 33.4. The Hall–Kier alpha value is -2.88. The van der Waals surface area contributed by atoms with Crippen molar-refractivity contribution in [3.63, 3.8) is 0 Å². The number of nitrogens with zero attached hydrogens (tertiary/aromatic N) is 2. The maximum absolute atomic E-state index is 9.22. The smallest absolute Gasteiger partial charge is 0.209 e. The number of unbranched alkanes of at least 4 members (excludes halogenated alkanes) is 7. The number of anilines is 1. The average Bonchev–Trinajstić information content (AvgIpc) is 3.42. The Labute approximate surface area is 290 Å². The van der Waals surface area contributed by atoms with Crippen LogP contribution < -0.4 is 4.90 Å². The first-order chi connectivity index (χ1) is 22.7. The van der Waals surface area contributed by atoms with Gasteiger partial charge in [0.1, 0.15) is 6.54 Å². The summed E-state index contributed by atoms with van der Waals surface area (Å²) in [4.78, 5) is 2.53. The third-order valence-electron chi connectivity index (χ3n) is 10.7. The molecule has 0 radical (unpaired) electrons. The lowest BCUT2D eigenvalue weighted by Crippen LogP contribution is -2.28. The van der Waals surface area contributed by atoms with Gasteiger partial charge < -0.3 is 10.0 Å². The van der Waals surface area contributed by atoms with E-state index in [4.69, 9.17) is 11.6 Å². The van der Waals surface area contributed by atoms with Gasteiger partial charge in [0.25, 0.3) is 0 Å². The fraction of sp³-hybridized carbons (Fsp3) is 0.512. The highest BCUT2D eigenvalue weighted by molar-refractivity contribution is 6.32. The van der Waals surface area contributed by atoms with Gasteiger partial charge in [0, 0.05) is 59.1 Å². The van der Waals surface area contributed by atoms with Crippen LogP contribution >= 0.6 is 11.6 Å². The molecule has 1 N–H and O–H groups in total. The normalized spacial score (nSPS) is 20.3. The number of aliphatic hydroxyl groups excluding tert-OH is 1. The molecule has 3 nitrogen and oxygen atoms in total. The zero-order valence-electron chi connectivity index (χ0n) is 29.8. The van der Waals surface area contributed by atoms with Crippen molar-refractivity contribution in [3.8, 4) is 0 Å². The zero-order valence-corrected chi connectivity index (χ0v) is 30.5. The van der Waals surface area contributed by atoms with Crippen LogP contribution in [0.25, 0.3) is 0 Å². The van der Waals surface area contributed by atoms with Crippen LogP contribution in [0.15, 0.2) is 94.7 Å². The van der Waals surface area contributed by atoms with E-state index in [1.807, 2.05) is 0 Å². The topological polar surface area (TPSA) is 26.5 Å². The number of allylic oxidation sites excluding steroid dienone is 8. The van der Waals surface area contributed by atoms with Gasteiger partial charge in [0.2, 0.25) is 5.69 Å². The van der Waals surface area contributed by atoms with Gasteiger partial charge in [0.05, 0.1) is 5.41 Å². The number of hydrogen-bond donors (Lipinski definition) is 1. The molecule has 0 fully saturated rings. The molecule has 3 aliphatic rings. The van der Waals surface area contributed by atoms with Crippen LogP contribution in [-0.2, 0) is 10.8 Å². The number of halogens is 1. The van der Waals surface area contributed by atoms with Gasteiger partial charge in [0.15, 0.2) is 5.71 Å². The Morgan fingerprint density at radius 3 is 2.28 bits per heavy atom. The first-order valence-electron chi connectivity index (χ1n) is 18.4. The van der Waals surface area contributed by atoms with Crippen LogP contribution in [0.3, 0.4) is 0 Å². The van der Waals surface area contributed by atoms with Crippen molar-refractivity contribution < 1.29 is 9.68 Å². The van der Waals surface area contributed by atoms with Crippen molar-refractivity contribution in [2.45, 2.75) is 122 Å². The van der Waals surface area contributed by atoms with Crippen LogP contribution in [0, 0.1) is 0 Å². The van der Waals surface area contributed by atoms with Gasteiger partial charge in [-0.1, -0.05) is 113 Å². The molecule has 47 heavy (non-hydrogen) atoms. The summed E-state index contributed by atoms with van der Waals surface area (Å²) in [6.07, 6.45) is 23.1. The third-order valence-corrected chi connectivity index (χ3v) is 11.2. The minimum absolute atomic E-state index is 0.0497. The SMILES string of the molecule is CCCCCCC[N+]1=C(C=CC2=C(Cl)C(=CC=C3N(CCCCCCO)c4ccccc4C3(C)C)CCC2)C(C)(C)c2ccccc21. The fourth-order valence-electron chi connectivity index (χ4n) is 7.94. The predicted octanol–water partition coefficient (Wildman–Crippen LogP) is 11.4. The van der Waals surface area contributed by atoms with Crippen molar-refractivity contribution in [2.75, 3.05) is 24.6 Å². The minimum atomic E-state index is -0.0773. The second-order valence-corrected chi connectivity index (χ2v) is 15.2. The number of para-hydroxylation sites is 2. The average molecular weight is 654 g/mol. The van der Waals surface area contributed by atoms with Gasteiger partial charge in [-0.2, -0.15) is 4.58 Å². The van der Waals surface area contributed by atoms with E-state index < -0.39 is 0 Å². The highest BCUT2D eigenvalue weighted by Gasteiger charge is 2.44. The highest BCUT2D eigenvalue weighted by Crippen LogP contribution is 2.48. The van der Waals surface area contributed by atoms with E-state index in [2.05, 4.69) is 117 Å². The summed E-state index contributed by atoms with van der Waals surface area (Å²) in [6, 6.07) is 17.8. The predicted molar refractivity (Wildman–Crippen MR) is 202 cm³/mol. The molecule has 2 aromatic rings. The molecular formula is C43H58ClN2O+. The van der Waals surface area contributed by atoms with Crippen molar-refractivity contribution in [3.05, 3.63) is 106 Å². The number of benzene rings is 2. The van der Waals surface area contributed by atoms with E-state index in [9.17, 15) is 5.11 Å². The standard InChI is InChI=1S/C43H58ClN2O/c1-6-7-8-9-16-30-45-37-24-14-12-22-35(37)42(2,3)39(45)28-26-33-20-19-21-34(41(33)44)27-29-40-43(4,5)36-23-13-15-25-38(36)46(40)31-17-10-11-18-32-47/h12-15,22-29,47H,6-11,16-21,30-32H2,1-5H3/q+1. The minimum Gasteiger partial charge on any atom is -0.396 e. The Bertz CT molecular complexity index is 1550. The molecule has 0 unspecified atom stereocenters. The van der Waals surface area contributed by atoms with Gasteiger partial charge >= 0.3 is 0 Å². The molecule has 0 spiro atoms.